The number of aliphatic hydroxyl groups is 1. The highest BCUT2D eigenvalue weighted by molar-refractivity contribution is 5.45. The van der Waals surface area contributed by atoms with Gasteiger partial charge in [0.15, 0.2) is 0 Å². The third-order valence-electron chi connectivity index (χ3n) is 3.35. The molecule has 3 heteroatoms. The van der Waals surface area contributed by atoms with Gasteiger partial charge in [0.05, 0.1) is 11.9 Å². The largest absolute Gasteiger partial charge is 0.374 e. The van der Waals surface area contributed by atoms with Crippen LogP contribution in [0.4, 0.5) is 5.69 Å². The van der Waals surface area contributed by atoms with Crippen molar-refractivity contribution in [2.24, 2.45) is 0 Å². The second kappa shape index (κ2) is 7.29. The Morgan fingerprint density at radius 1 is 1.37 bits per heavy atom. The van der Waals surface area contributed by atoms with E-state index in [0.29, 0.717) is 5.92 Å². The van der Waals surface area contributed by atoms with Crippen LogP contribution in [0.2, 0.25) is 0 Å². The topological polar surface area (TPSA) is 36.4 Å². The Bertz CT molecular complexity index is 396. The third-order valence-corrected chi connectivity index (χ3v) is 3.35. The first-order chi connectivity index (χ1) is 8.95. The molecule has 0 aliphatic carbocycles. The van der Waals surface area contributed by atoms with Gasteiger partial charge >= 0.3 is 0 Å². The van der Waals surface area contributed by atoms with Crippen molar-refractivity contribution < 1.29 is 5.11 Å². The number of anilines is 1. The fraction of sp³-hybridized carbons (Fsp3) is 0.562. The van der Waals surface area contributed by atoms with Crippen molar-refractivity contribution in [3.8, 4) is 0 Å². The molecule has 0 saturated carbocycles. The van der Waals surface area contributed by atoms with Gasteiger partial charge in [0.2, 0.25) is 0 Å². The van der Waals surface area contributed by atoms with E-state index in [0.717, 1.165) is 30.8 Å². The molecule has 1 aromatic rings. The van der Waals surface area contributed by atoms with Gasteiger partial charge in [-0.3, -0.25) is 4.98 Å². The molecular formula is C16H26N2O. The van der Waals surface area contributed by atoms with E-state index >= 15 is 0 Å². The average Bonchev–Trinajstić information content (AvgIpc) is 2.38. The van der Waals surface area contributed by atoms with Crippen LogP contribution in [-0.2, 0) is 0 Å². The Hall–Kier alpha value is -1.35. The lowest BCUT2D eigenvalue weighted by molar-refractivity contribution is 0.188. The van der Waals surface area contributed by atoms with E-state index in [4.69, 9.17) is 0 Å². The molecule has 0 bridgehead atoms. The molecule has 1 N–H and O–H groups in total. The molecule has 3 nitrogen and oxygen atoms in total. The first-order valence-corrected chi connectivity index (χ1v) is 7.03. The monoisotopic (exact) mass is 262 g/mol. The number of nitrogens with zero attached hydrogens (tertiary/aromatic N) is 2. The molecule has 106 valence electrons. The van der Waals surface area contributed by atoms with Crippen molar-refractivity contribution in [3.63, 3.8) is 0 Å². The van der Waals surface area contributed by atoms with Gasteiger partial charge in [0, 0.05) is 12.2 Å². The van der Waals surface area contributed by atoms with Crippen LogP contribution in [0.1, 0.15) is 52.1 Å². The molecule has 1 unspecified atom stereocenters. The van der Waals surface area contributed by atoms with Gasteiger partial charge in [-0.1, -0.05) is 32.9 Å². The van der Waals surface area contributed by atoms with Crippen molar-refractivity contribution in [3.05, 3.63) is 36.2 Å². The molecule has 0 radical (unpaired) electrons. The Labute approximate surface area is 117 Å². The first kappa shape index (κ1) is 15.7. The van der Waals surface area contributed by atoms with Crippen LogP contribution in [0.5, 0.6) is 0 Å². The summed E-state index contributed by atoms with van der Waals surface area (Å²) in [6, 6.07) is 4.06. The molecule has 0 aliphatic rings. The highest BCUT2D eigenvalue weighted by atomic mass is 16.3. The van der Waals surface area contributed by atoms with Gasteiger partial charge in [-0.2, -0.15) is 0 Å². The number of rotatable bonds is 7. The lowest BCUT2D eigenvalue weighted by atomic mass is 10.1. The zero-order valence-corrected chi connectivity index (χ0v) is 12.6. The quantitative estimate of drug-likeness (QED) is 0.601. The molecule has 1 heterocycles. The van der Waals surface area contributed by atoms with Gasteiger partial charge in [-0.05, 0) is 37.8 Å². The van der Waals surface area contributed by atoms with Gasteiger partial charge in [-0.15, -0.1) is 0 Å². The maximum absolute atomic E-state index is 9.90. The molecule has 1 atom stereocenters. The fourth-order valence-electron chi connectivity index (χ4n) is 1.90. The number of hydrogen-bond donors (Lipinski definition) is 1. The maximum atomic E-state index is 9.90. The van der Waals surface area contributed by atoms with Crippen LogP contribution in [0.3, 0.4) is 0 Å². The predicted octanol–water partition coefficient (Wildman–Crippen LogP) is 3.71. The molecule has 0 aliphatic heterocycles. The van der Waals surface area contributed by atoms with Crippen molar-refractivity contribution in [1.29, 1.82) is 0 Å². The number of aliphatic hydroxyl groups excluding tert-OH is 1. The van der Waals surface area contributed by atoms with E-state index < -0.39 is 6.23 Å². The van der Waals surface area contributed by atoms with Crippen molar-refractivity contribution in [1.82, 2.24) is 4.98 Å². The summed E-state index contributed by atoms with van der Waals surface area (Å²) in [5.41, 5.74) is 3.24. The van der Waals surface area contributed by atoms with E-state index in [2.05, 4.69) is 32.3 Å². The summed E-state index contributed by atoms with van der Waals surface area (Å²) in [5.74, 6) is 0.425. The van der Waals surface area contributed by atoms with Crippen molar-refractivity contribution in [2.75, 3.05) is 11.4 Å². The lowest BCUT2D eigenvalue weighted by Crippen LogP contribution is -2.34. The number of hydrogen-bond acceptors (Lipinski definition) is 3. The van der Waals surface area contributed by atoms with Crippen LogP contribution in [-0.4, -0.2) is 22.9 Å². The van der Waals surface area contributed by atoms with E-state index in [1.807, 2.05) is 23.2 Å². The predicted molar refractivity (Wildman–Crippen MR) is 81.4 cm³/mol. The number of aromatic nitrogens is 1. The van der Waals surface area contributed by atoms with E-state index in [-0.39, 0.29) is 0 Å². The van der Waals surface area contributed by atoms with Gasteiger partial charge in [0.25, 0.3) is 0 Å². The summed E-state index contributed by atoms with van der Waals surface area (Å²) in [6.45, 7) is 12.9. The normalized spacial score (nSPS) is 12.5. The average molecular weight is 262 g/mol. The summed E-state index contributed by atoms with van der Waals surface area (Å²) < 4.78 is 0. The molecule has 0 aromatic carbocycles. The smallest absolute Gasteiger partial charge is 0.124 e. The molecule has 0 spiro atoms. The zero-order valence-electron chi connectivity index (χ0n) is 12.6. The van der Waals surface area contributed by atoms with Crippen LogP contribution in [0.15, 0.2) is 30.5 Å². The maximum Gasteiger partial charge on any atom is 0.124 e. The Kier molecular flexibility index (Phi) is 6.03. The Balaban J connectivity index is 2.78. The van der Waals surface area contributed by atoms with E-state index in [1.165, 1.54) is 5.57 Å². The molecule has 1 rings (SSSR count). The SMILES string of the molecule is C=C(CC)CCN(c1ccc(C(C)C)nc1)C(C)O. The fourth-order valence-corrected chi connectivity index (χ4v) is 1.90. The van der Waals surface area contributed by atoms with Crippen LogP contribution in [0.25, 0.3) is 0 Å². The minimum absolute atomic E-state index is 0.425. The third kappa shape index (κ3) is 4.67. The standard InChI is InChI=1S/C16H26N2O/c1-6-13(4)9-10-18(14(5)19)15-7-8-16(12(2)3)17-11-15/h7-8,11-12,14,19H,4,6,9-10H2,1-3,5H3. The van der Waals surface area contributed by atoms with Crippen LogP contribution in [0, 0.1) is 0 Å². The highest BCUT2D eigenvalue weighted by Crippen LogP contribution is 2.20. The Morgan fingerprint density at radius 2 is 2.05 bits per heavy atom. The van der Waals surface area contributed by atoms with Gasteiger partial charge < -0.3 is 10.0 Å². The first-order valence-electron chi connectivity index (χ1n) is 7.03. The second-order valence-corrected chi connectivity index (χ2v) is 5.27. The Morgan fingerprint density at radius 3 is 2.47 bits per heavy atom. The summed E-state index contributed by atoms with van der Waals surface area (Å²) in [6.07, 6.45) is 3.21. The molecule has 1 aromatic heterocycles. The molecule has 0 amide bonds. The van der Waals surface area contributed by atoms with E-state index in [1.54, 1.807) is 6.92 Å². The van der Waals surface area contributed by atoms with Crippen molar-refractivity contribution in [2.45, 2.75) is 52.7 Å². The molecule has 0 saturated heterocycles. The highest BCUT2D eigenvalue weighted by Gasteiger charge is 2.13. The molecule has 19 heavy (non-hydrogen) atoms. The lowest BCUT2D eigenvalue weighted by Gasteiger charge is -2.28. The summed E-state index contributed by atoms with van der Waals surface area (Å²) in [5, 5.41) is 9.90. The van der Waals surface area contributed by atoms with Crippen molar-refractivity contribution >= 4 is 5.69 Å². The number of pyridine rings is 1. The van der Waals surface area contributed by atoms with Gasteiger partial charge in [0.1, 0.15) is 6.23 Å². The minimum atomic E-state index is -0.517. The zero-order chi connectivity index (χ0) is 14.4. The van der Waals surface area contributed by atoms with E-state index in [9.17, 15) is 5.11 Å². The molecule has 0 fully saturated rings. The molecular weight excluding hydrogens is 236 g/mol. The van der Waals surface area contributed by atoms with Crippen LogP contribution < -0.4 is 4.90 Å². The van der Waals surface area contributed by atoms with Crippen LogP contribution >= 0.6 is 0 Å². The van der Waals surface area contributed by atoms with Gasteiger partial charge in [-0.25, -0.2) is 0 Å². The summed E-state index contributed by atoms with van der Waals surface area (Å²) in [7, 11) is 0. The summed E-state index contributed by atoms with van der Waals surface area (Å²) in [4.78, 5) is 6.41. The summed E-state index contributed by atoms with van der Waals surface area (Å²) >= 11 is 0. The minimum Gasteiger partial charge on any atom is -0.374 e. The second-order valence-electron chi connectivity index (χ2n) is 5.27.